The molecule has 4 rings (SSSR count). The first kappa shape index (κ1) is 22.5. The van der Waals surface area contributed by atoms with Gasteiger partial charge in [0, 0.05) is 26.2 Å². The van der Waals surface area contributed by atoms with Crippen molar-refractivity contribution in [3.05, 3.63) is 83.6 Å². The fraction of sp³-hybridized carbons (Fsp3) is 0.125. The number of carboxylic acids is 1. The van der Waals surface area contributed by atoms with Gasteiger partial charge < -0.3 is 19.7 Å². The fourth-order valence-corrected chi connectivity index (χ4v) is 3.01. The molecule has 3 N–H and O–H groups in total. The number of rotatable bonds is 9. The zero-order valence-corrected chi connectivity index (χ0v) is 18.6. The number of nitrogens with one attached hydrogen (secondary N) is 2. The topological polar surface area (TPSA) is 129 Å². The minimum absolute atomic E-state index is 0.189. The zero-order chi connectivity index (χ0) is 23.9. The van der Waals surface area contributed by atoms with Gasteiger partial charge in [-0.1, -0.05) is 42.5 Å². The second-order valence-corrected chi connectivity index (χ2v) is 7.47. The number of furan rings is 1. The van der Waals surface area contributed by atoms with Crippen molar-refractivity contribution in [3.63, 3.8) is 0 Å². The van der Waals surface area contributed by atoms with Crippen LogP contribution in [0.3, 0.4) is 0 Å². The Bertz CT molecular complexity index is 1300. The van der Waals surface area contributed by atoms with Crippen LogP contribution < -0.4 is 15.6 Å². The first-order valence-electron chi connectivity index (χ1n) is 10.4. The molecular formula is C24H23N7O3. The molecule has 2 heterocycles. The van der Waals surface area contributed by atoms with Crippen LogP contribution in [0.25, 0.3) is 11.3 Å². The Labute approximate surface area is 196 Å². The number of carboxylic acid groups (broad SMARTS) is 1. The number of aromatic carboxylic acids is 1. The largest absolute Gasteiger partial charge is 0.478 e. The molecular weight excluding hydrogens is 434 g/mol. The Morgan fingerprint density at radius 1 is 1.03 bits per heavy atom. The maximum absolute atomic E-state index is 11.2. The molecule has 0 unspecified atom stereocenters. The molecule has 0 saturated carbocycles. The predicted molar refractivity (Wildman–Crippen MR) is 130 cm³/mol. The van der Waals surface area contributed by atoms with Crippen molar-refractivity contribution < 1.29 is 14.3 Å². The molecule has 0 atom stereocenters. The highest BCUT2D eigenvalue weighted by Gasteiger charge is 2.09. The van der Waals surface area contributed by atoms with Crippen molar-refractivity contribution in [1.82, 2.24) is 15.0 Å². The van der Waals surface area contributed by atoms with E-state index in [1.807, 2.05) is 44.4 Å². The molecule has 0 radical (unpaired) electrons. The van der Waals surface area contributed by atoms with Gasteiger partial charge >= 0.3 is 5.97 Å². The summed E-state index contributed by atoms with van der Waals surface area (Å²) in [6.45, 7) is 0.568. The van der Waals surface area contributed by atoms with Crippen LogP contribution in [0.5, 0.6) is 0 Å². The van der Waals surface area contributed by atoms with E-state index in [0.717, 1.165) is 5.56 Å². The van der Waals surface area contributed by atoms with Crippen LogP contribution in [0.4, 0.5) is 17.8 Å². The number of carbonyl (C=O) groups is 1. The molecule has 2 aromatic heterocycles. The highest BCUT2D eigenvalue weighted by atomic mass is 16.4. The van der Waals surface area contributed by atoms with Gasteiger partial charge in [-0.15, -0.1) is 0 Å². The van der Waals surface area contributed by atoms with Gasteiger partial charge in [0.05, 0.1) is 11.8 Å². The summed E-state index contributed by atoms with van der Waals surface area (Å²) in [5, 5.41) is 16.5. The lowest BCUT2D eigenvalue weighted by molar-refractivity contribution is 0.0697. The first-order valence-corrected chi connectivity index (χ1v) is 10.4. The molecule has 0 bridgehead atoms. The van der Waals surface area contributed by atoms with Gasteiger partial charge in [-0.3, -0.25) is 0 Å². The molecule has 0 amide bonds. The van der Waals surface area contributed by atoms with Crippen LogP contribution in [0.1, 0.15) is 21.7 Å². The number of hydrazone groups is 1. The van der Waals surface area contributed by atoms with Crippen molar-refractivity contribution in [1.29, 1.82) is 0 Å². The quantitative estimate of drug-likeness (QED) is 0.253. The average molecular weight is 457 g/mol. The molecule has 172 valence electrons. The van der Waals surface area contributed by atoms with Crippen molar-refractivity contribution in [2.75, 3.05) is 29.7 Å². The van der Waals surface area contributed by atoms with Gasteiger partial charge in [-0.25, -0.2) is 10.2 Å². The number of anilines is 3. The molecule has 0 aliphatic heterocycles. The standard InChI is InChI=1S/C24H23N7O3/c1-31(2)24-28-22(25-14-16-7-4-3-5-8-16)27-23(29-24)30-26-15-19-11-12-20(34-19)17-9-6-10-18(13-17)21(32)33/h3-13,15H,14H2,1-2H3,(H,32,33)(H2,25,27,28,29,30)/b26-15+. The second-order valence-electron chi connectivity index (χ2n) is 7.47. The van der Waals surface area contributed by atoms with Crippen LogP contribution in [0, 0.1) is 0 Å². The summed E-state index contributed by atoms with van der Waals surface area (Å²) in [5.74, 6) is 1.18. The van der Waals surface area contributed by atoms with Gasteiger partial charge in [-0.05, 0) is 29.8 Å². The Kier molecular flexibility index (Phi) is 6.78. The lowest BCUT2D eigenvalue weighted by Gasteiger charge is -2.13. The van der Waals surface area contributed by atoms with Gasteiger partial charge in [0.2, 0.25) is 17.8 Å². The average Bonchev–Trinajstić information content (AvgIpc) is 3.32. The van der Waals surface area contributed by atoms with Gasteiger partial charge in [0.1, 0.15) is 11.5 Å². The van der Waals surface area contributed by atoms with E-state index in [1.165, 1.54) is 12.3 Å². The van der Waals surface area contributed by atoms with Crippen molar-refractivity contribution in [2.24, 2.45) is 5.10 Å². The molecule has 2 aromatic carbocycles. The smallest absolute Gasteiger partial charge is 0.335 e. The molecule has 0 saturated heterocycles. The van der Waals surface area contributed by atoms with E-state index in [4.69, 9.17) is 9.52 Å². The Morgan fingerprint density at radius 3 is 2.59 bits per heavy atom. The predicted octanol–water partition coefficient (Wildman–Crippen LogP) is 3.95. The second kappa shape index (κ2) is 10.3. The van der Waals surface area contributed by atoms with Gasteiger partial charge in [-0.2, -0.15) is 20.1 Å². The van der Waals surface area contributed by atoms with Crippen LogP contribution >= 0.6 is 0 Å². The highest BCUT2D eigenvalue weighted by Crippen LogP contribution is 2.22. The minimum atomic E-state index is -0.994. The van der Waals surface area contributed by atoms with Gasteiger partial charge in [0.15, 0.2) is 0 Å². The van der Waals surface area contributed by atoms with E-state index >= 15 is 0 Å². The van der Waals surface area contributed by atoms with E-state index in [-0.39, 0.29) is 11.5 Å². The van der Waals surface area contributed by atoms with Crippen molar-refractivity contribution in [2.45, 2.75) is 6.54 Å². The van der Waals surface area contributed by atoms with Crippen LogP contribution in [-0.2, 0) is 6.54 Å². The molecule has 10 heteroatoms. The van der Waals surface area contributed by atoms with Crippen molar-refractivity contribution >= 4 is 30.0 Å². The molecule has 0 aliphatic carbocycles. The molecule has 34 heavy (non-hydrogen) atoms. The molecule has 0 aliphatic rings. The highest BCUT2D eigenvalue weighted by molar-refractivity contribution is 5.89. The number of hydrogen-bond acceptors (Lipinski definition) is 9. The summed E-state index contributed by atoms with van der Waals surface area (Å²) in [6, 6.07) is 20.0. The number of hydrogen-bond donors (Lipinski definition) is 3. The minimum Gasteiger partial charge on any atom is -0.478 e. The Hall–Kier alpha value is -4.73. The molecule has 4 aromatic rings. The Balaban J connectivity index is 1.45. The zero-order valence-electron chi connectivity index (χ0n) is 18.6. The lowest BCUT2D eigenvalue weighted by Crippen LogP contribution is -2.16. The number of aromatic nitrogens is 3. The third-order valence-electron chi connectivity index (χ3n) is 4.69. The molecule has 0 spiro atoms. The third-order valence-corrected chi connectivity index (χ3v) is 4.69. The van der Waals surface area contributed by atoms with Crippen LogP contribution in [0.2, 0.25) is 0 Å². The maximum Gasteiger partial charge on any atom is 0.335 e. The van der Waals surface area contributed by atoms with E-state index in [2.05, 4.69) is 30.8 Å². The Morgan fingerprint density at radius 2 is 1.82 bits per heavy atom. The monoisotopic (exact) mass is 457 g/mol. The summed E-state index contributed by atoms with van der Waals surface area (Å²) in [4.78, 5) is 26.1. The molecule has 0 fully saturated rings. The first-order chi connectivity index (χ1) is 16.5. The van der Waals surface area contributed by atoms with E-state index in [9.17, 15) is 4.79 Å². The lowest BCUT2D eigenvalue weighted by atomic mass is 10.1. The normalized spacial score (nSPS) is 10.9. The van der Waals surface area contributed by atoms with E-state index < -0.39 is 5.97 Å². The fourth-order valence-electron chi connectivity index (χ4n) is 3.01. The summed E-state index contributed by atoms with van der Waals surface area (Å²) < 4.78 is 5.76. The van der Waals surface area contributed by atoms with Gasteiger partial charge in [0.25, 0.3) is 0 Å². The maximum atomic E-state index is 11.2. The van der Waals surface area contributed by atoms with Crippen LogP contribution in [-0.4, -0.2) is 46.3 Å². The number of benzene rings is 2. The molecule has 10 nitrogen and oxygen atoms in total. The third kappa shape index (κ3) is 5.74. The summed E-state index contributed by atoms with van der Waals surface area (Å²) in [5.41, 5.74) is 4.75. The van der Waals surface area contributed by atoms with E-state index in [0.29, 0.717) is 35.5 Å². The summed E-state index contributed by atoms with van der Waals surface area (Å²) >= 11 is 0. The number of nitrogens with zero attached hydrogens (tertiary/aromatic N) is 5. The van der Waals surface area contributed by atoms with E-state index in [1.54, 1.807) is 35.2 Å². The van der Waals surface area contributed by atoms with Crippen LogP contribution in [0.15, 0.2) is 76.2 Å². The SMILES string of the molecule is CN(C)c1nc(NCc2ccccc2)nc(N/N=C/c2ccc(-c3cccc(C(=O)O)c3)o2)n1. The summed E-state index contributed by atoms with van der Waals surface area (Å²) in [7, 11) is 3.68. The summed E-state index contributed by atoms with van der Waals surface area (Å²) in [6.07, 6.45) is 1.49. The van der Waals surface area contributed by atoms with Crippen molar-refractivity contribution in [3.8, 4) is 11.3 Å².